The van der Waals surface area contributed by atoms with Crippen LogP contribution in [0, 0.1) is 0 Å². The summed E-state index contributed by atoms with van der Waals surface area (Å²) in [7, 11) is 0. The first-order chi connectivity index (χ1) is 6.29. The third-order valence-corrected chi connectivity index (χ3v) is 1.98. The highest BCUT2D eigenvalue weighted by atomic mass is 16.9. The quantitative estimate of drug-likeness (QED) is 0.696. The van der Waals surface area contributed by atoms with Gasteiger partial charge in [0.1, 0.15) is 12.6 Å². The van der Waals surface area contributed by atoms with Gasteiger partial charge in [0.25, 0.3) is 0 Å². The lowest BCUT2D eigenvalue weighted by Gasteiger charge is -2.13. The largest absolute Gasteiger partial charge is 0.295 e. The Morgan fingerprint density at radius 1 is 1.38 bits per heavy atom. The Morgan fingerprint density at radius 3 is 2.62 bits per heavy atom. The van der Waals surface area contributed by atoms with Crippen LogP contribution in [0.3, 0.4) is 0 Å². The fourth-order valence-corrected chi connectivity index (χ4v) is 1.36. The minimum absolute atomic E-state index is 0.0595. The molecule has 1 unspecified atom stereocenters. The number of ketones is 1. The fourth-order valence-electron chi connectivity index (χ4n) is 1.36. The van der Waals surface area contributed by atoms with Crippen molar-refractivity contribution >= 4 is 5.78 Å². The molecule has 1 aliphatic heterocycles. The second-order valence-corrected chi connectivity index (χ2v) is 2.86. The van der Waals surface area contributed by atoms with Gasteiger partial charge in [0, 0.05) is 0 Å². The van der Waals surface area contributed by atoms with Crippen LogP contribution < -0.4 is 0 Å². The van der Waals surface area contributed by atoms with E-state index in [0.29, 0.717) is 5.23 Å². The van der Waals surface area contributed by atoms with Crippen molar-refractivity contribution in [2.75, 3.05) is 6.61 Å². The molecule has 0 aromatic heterocycles. The number of carbonyl (C=O) groups excluding carboxylic acids is 1. The zero-order chi connectivity index (χ0) is 9.26. The average Bonchev–Trinajstić information content (AvgIpc) is 2.48. The van der Waals surface area contributed by atoms with Gasteiger partial charge in [-0.2, -0.15) is 0 Å². The van der Waals surface area contributed by atoms with E-state index in [4.69, 9.17) is 0 Å². The van der Waals surface area contributed by atoms with E-state index in [1.54, 1.807) is 12.1 Å². The van der Waals surface area contributed by atoms with Crippen molar-refractivity contribution in [2.24, 2.45) is 0 Å². The van der Waals surface area contributed by atoms with Gasteiger partial charge in [0.05, 0.1) is 0 Å². The lowest BCUT2D eigenvalue weighted by Crippen LogP contribution is -2.20. The SMILES string of the molecule is O=C1CON(O)C1c1ccccc1. The van der Waals surface area contributed by atoms with Crippen molar-refractivity contribution in [1.29, 1.82) is 0 Å². The standard InChI is InChI=1S/C9H9NO3/c11-8-6-13-10(12)9(8)7-4-2-1-3-5-7/h1-5,9,12H,6H2. The average molecular weight is 179 g/mol. The topological polar surface area (TPSA) is 49.8 Å². The Morgan fingerprint density at radius 2 is 2.08 bits per heavy atom. The van der Waals surface area contributed by atoms with Crippen LogP contribution in [0.15, 0.2) is 30.3 Å². The number of rotatable bonds is 1. The number of benzene rings is 1. The maximum absolute atomic E-state index is 11.3. The van der Waals surface area contributed by atoms with Crippen LogP contribution in [-0.4, -0.2) is 22.8 Å². The maximum Gasteiger partial charge on any atom is 0.187 e. The van der Waals surface area contributed by atoms with Crippen molar-refractivity contribution in [2.45, 2.75) is 6.04 Å². The summed E-state index contributed by atoms with van der Waals surface area (Å²) in [5, 5.41) is 9.81. The van der Waals surface area contributed by atoms with Gasteiger partial charge in [-0.15, -0.1) is 0 Å². The van der Waals surface area contributed by atoms with Crippen LogP contribution >= 0.6 is 0 Å². The van der Waals surface area contributed by atoms with Crippen molar-refractivity contribution in [3.8, 4) is 0 Å². The highest BCUT2D eigenvalue weighted by Gasteiger charge is 2.34. The van der Waals surface area contributed by atoms with Crippen LogP contribution in [0.4, 0.5) is 0 Å². The number of hydrogen-bond donors (Lipinski definition) is 1. The lowest BCUT2D eigenvalue weighted by molar-refractivity contribution is -0.328. The molecule has 13 heavy (non-hydrogen) atoms. The molecule has 0 amide bonds. The van der Waals surface area contributed by atoms with E-state index in [1.807, 2.05) is 18.2 Å². The normalized spacial score (nSPS) is 23.8. The molecule has 4 heteroatoms. The van der Waals surface area contributed by atoms with Gasteiger partial charge in [-0.3, -0.25) is 14.8 Å². The van der Waals surface area contributed by atoms with Crippen molar-refractivity contribution in [3.63, 3.8) is 0 Å². The summed E-state index contributed by atoms with van der Waals surface area (Å²) in [4.78, 5) is 15.9. The molecule has 0 spiro atoms. The predicted molar refractivity (Wildman–Crippen MR) is 43.8 cm³/mol. The molecule has 1 aromatic carbocycles. The molecule has 1 fully saturated rings. The first-order valence-electron chi connectivity index (χ1n) is 3.98. The number of nitrogens with zero attached hydrogens (tertiary/aromatic N) is 1. The number of hydrogen-bond acceptors (Lipinski definition) is 4. The Hall–Kier alpha value is -1.23. The zero-order valence-electron chi connectivity index (χ0n) is 6.88. The number of carbonyl (C=O) groups is 1. The van der Waals surface area contributed by atoms with E-state index >= 15 is 0 Å². The van der Waals surface area contributed by atoms with E-state index in [0.717, 1.165) is 5.56 Å². The van der Waals surface area contributed by atoms with Crippen LogP contribution in [0.2, 0.25) is 0 Å². The zero-order valence-corrected chi connectivity index (χ0v) is 6.88. The van der Waals surface area contributed by atoms with Crippen molar-refractivity contribution < 1.29 is 14.8 Å². The van der Waals surface area contributed by atoms with E-state index in [-0.39, 0.29) is 12.4 Å². The van der Waals surface area contributed by atoms with Gasteiger partial charge in [-0.05, 0) is 5.56 Å². The van der Waals surface area contributed by atoms with Crippen molar-refractivity contribution in [3.05, 3.63) is 35.9 Å². The summed E-state index contributed by atoms with van der Waals surface area (Å²) >= 11 is 0. The molecule has 1 aromatic rings. The molecule has 1 saturated heterocycles. The summed E-state index contributed by atoms with van der Waals surface area (Å²) in [6.45, 7) is -0.0595. The molecular weight excluding hydrogens is 170 g/mol. The van der Waals surface area contributed by atoms with Gasteiger partial charge >= 0.3 is 0 Å². The monoisotopic (exact) mass is 179 g/mol. The van der Waals surface area contributed by atoms with Gasteiger partial charge in [0.2, 0.25) is 0 Å². The van der Waals surface area contributed by atoms with Crippen LogP contribution in [0.1, 0.15) is 11.6 Å². The molecule has 2 rings (SSSR count). The molecule has 1 N–H and O–H groups in total. The van der Waals surface area contributed by atoms with Crippen LogP contribution in [-0.2, 0) is 9.63 Å². The first kappa shape index (κ1) is 8.37. The van der Waals surface area contributed by atoms with Gasteiger partial charge in [-0.25, -0.2) is 0 Å². The minimum atomic E-state index is -0.666. The molecule has 4 nitrogen and oxygen atoms in total. The molecule has 0 aliphatic carbocycles. The molecule has 1 atom stereocenters. The second-order valence-electron chi connectivity index (χ2n) is 2.86. The highest BCUT2D eigenvalue weighted by molar-refractivity contribution is 5.87. The smallest absolute Gasteiger partial charge is 0.187 e. The van der Waals surface area contributed by atoms with Gasteiger partial charge in [-0.1, -0.05) is 35.6 Å². The first-order valence-corrected chi connectivity index (χ1v) is 3.98. The summed E-state index contributed by atoms with van der Waals surface area (Å²) in [5.41, 5.74) is 0.743. The molecule has 1 aliphatic rings. The third kappa shape index (κ3) is 1.47. The highest BCUT2D eigenvalue weighted by Crippen LogP contribution is 2.24. The predicted octanol–water partition coefficient (Wildman–Crippen LogP) is 0.933. The second kappa shape index (κ2) is 3.26. The third-order valence-electron chi connectivity index (χ3n) is 1.98. The Kier molecular flexibility index (Phi) is 2.10. The van der Waals surface area contributed by atoms with E-state index < -0.39 is 6.04 Å². The lowest BCUT2D eigenvalue weighted by atomic mass is 10.1. The number of hydroxylamine groups is 2. The fraction of sp³-hybridized carbons (Fsp3) is 0.222. The van der Waals surface area contributed by atoms with E-state index in [1.165, 1.54) is 0 Å². The molecular formula is C9H9NO3. The van der Waals surface area contributed by atoms with Gasteiger partial charge < -0.3 is 0 Å². The van der Waals surface area contributed by atoms with E-state index in [2.05, 4.69) is 4.84 Å². The summed E-state index contributed by atoms with van der Waals surface area (Å²) in [5.74, 6) is -0.131. The van der Waals surface area contributed by atoms with Crippen LogP contribution in [0.25, 0.3) is 0 Å². The Labute approximate surface area is 75.3 Å². The molecule has 0 radical (unpaired) electrons. The van der Waals surface area contributed by atoms with Gasteiger partial charge in [0.15, 0.2) is 5.78 Å². The number of Topliss-reactive ketones (excluding diaryl/α,β-unsaturated/α-hetero) is 1. The molecule has 0 bridgehead atoms. The summed E-state index contributed by atoms with van der Waals surface area (Å²) in [6, 6.07) is 8.37. The maximum atomic E-state index is 11.3. The molecule has 1 heterocycles. The minimum Gasteiger partial charge on any atom is -0.295 e. The molecule has 0 saturated carbocycles. The Bertz CT molecular complexity index is 312. The van der Waals surface area contributed by atoms with Crippen LogP contribution in [0.5, 0.6) is 0 Å². The summed E-state index contributed by atoms with van der Waals surface area (Å²) < 4.78 is 0. The summed E-state index contributed by atoms with van der Waals surface area (Å²) in [6.07, 6.45) is 0. The van der Waals surface area contributed by atoms with E-state index in [9.17, 15) is 10.0 Å². The van der Waals surface area contributed by atoms with Crippen molar-refractivity contribution in [1.82, 2.24) is 5.23 Å². The molecule has 68 valence electrons. The Balaban J connectivity index is 2.30.